The minimum absolute atomic E-state index is 0.0772. The molecule has 100 valence electrons. The second-order valence-electron chi connectivity index (χ2n) is 5.07. The number of amides is 1. The average Bonchev–Trinajstić information content (AvgIpc) is 2.94. The maximum absolute atomic E-state index is 12.5. The van der Waals surface area contributed by atoms with E-state index in [9.17, 15) is 4.79 Å². The van der Waals surface area contributed by atoms with Gasteiger partial charge in [-0.25, -0.2) is 0 Å². The highest BCUT2D eigenvalue weighted by Gasteiger charge is 2.28. The van der Waals surface area contributed by atoms with Gasteiger partial charge < -0.3 is 14.8 Å². The Morgan fingerprint density at radius 3 is 2.83 bits per heavy atom. The average molecular weight is 270 g/mol. The number of nitrogens with zero attached hydrogens (tertiary/aromatic N) is 2. The van der Waals surface area contributed by atoms with Gasteiger partial charge in [0.15, 0.2) is 0 Å². The molecule has 1 saturated heterocycles. The Balaban J connectivity index is 2.19. The molecule has 1 aromatic rings. The first-order valence-corrected chi connectivity index (χ1v) is 6.74. The summed E-state index contributed by atoms with van der Waals surface area (Å²) in [6.45, 7) is 5.68. The quantitative estimate of drug-likeness (QED) is 0.913. The molecule has 18 heavy (non-hydrogen) atoms. The van der Waals surface area contributed by atoms with Crippen LogP contribution < -0.4 is 5.32 Å². The van der Waals surface area contributed by atoms with E-state index in [1.54, 1.807) is 6.07 Å². The zero-order valence-electron chi connectivity index (χ0n) is 11.1. The van der Waals surface area contributed by atoms with E-state index in [1.807, 2.05) is 36.6 Å². The van der Waals surface area contributed by atoms with Crippen LogP contribution in [0.3, 0.4) is 0 Å². The van der Waals surface area contributed by atoms with Crippen LogP contribution in [0.1, 0.15) is 36.8 Å². The maximum atomic E-state index is 12.5. The van der Waals surface area contributed by atoms with E-state index in [0.29, 0.717) is 16.8 Å². The number of likely N-dealkylation sites (tertiary alicyclic amines) is 1. The van der Waals surface area contributed by atoms with E-state index >= 15 is 0 Å². The van der Waals surface area contributed by atoms with Crippen LogP contribution in [0.4, 0.5) is 0 Å². The molecule has 1 aliphatic heterocycles. The van der Waals surface area contributed by atoms with Crippen LogP contribution in [0.15, 0.2) is 12.3 Å². The zero-order chi connectivity index (χ0) is 13.3. The van der Waals surface area contributed by atoms with Crippen molar-refractivity contribution in [3.8, 4) is 0 Å². The molecular formula is C13H20ClN3O. The van der Waals surface area contributed by atoms with Crippen LogP contribution in [-0.2, 0) is 0 Å². The monoisotopic (exact) mass is 269 g/mol. The van der Waals surface area contributed by atoms with Gasteiger partial charge in [0.25, 0.3) is 5.91 Å². The smallest absolute Gasteiger partial charge is 0.270 e. The molecule has 1 aliphatic rings. The highest BCUT2D eigenvalue weighted by Crippen LogP contribution is 2.22. The lowest BCUT2D eigenvalue weighted by atomic mass is 10.3. The van der Waals surface area contributed by atoms with E-state index in [1.165, 1.54) is 0 Å². The standard InChI is InChI=1S/C13H20ClN3O/c1-9(2)17-7-10(14)6-12(17)13(18)16-5-4-11(8-16)15-3/h6-7,9,11,15H,4-5,8H2,1-3H3. The summed E-state index contributed by atoms with van der Waals surface area (Å²) < 4.78 is 1.94. The van der Waals surface area contributed by atoms with E-state index in [0.717, 1.165) is 19.5 Å². The third-order valence-corrected chi connectivity index (χ3v) is 3.68. The summed E-state index contributed by atoms with van der Waals surface area (Å²) in [7, 11) is 1.94. The van der Waals surface area contributed by atoms with Crippen molar-refractivity contribution in [3.63, 3.8) is 0 Å². The van der Waals surface area contributed by atoms with Crippen molar-refractivity contribution in [2.45, 2.75) is 32.4 Å². The molecule has 0 radical (unpaired) electrons. The van der Waals surface area contributed by atoms with Gasteiger partial charge in [-0.15, -0.1) is 0 Å². The van der Waals surface area contributed by atoms with Crippen LogP contribution >= 0.6 is 11.6 Å². The first-order chi connectivity index (χ1) is 8.52. The van der Waals surface area contributed by atoms with Crippen molar-refractivity contribution in [2.24, 2.45) is 0 Å². The van der Waals surface area contributed by atoms with Gasteiger partial charge in [0.1, 0.15) is 5.69 Å². The normalized spacial score (nSPS) is 19.8. The molecule has 1 unspecified atom stereocenters. The number of nitrogens with one attached hydrogen (secondary N) is 1. The lowest BCUT2D eigenvalue weighted by Gasteiger charge is -2.19. The van der Waals surface area contributed by atoms with Crippen molar-refractivity contribution in [1.82, 2.24) is 14.8 Å². The second-order valence-corrected chi connectivity index (χ2v) is 5.51. The molecule has 1 fully saturated rings. The summed E-state index contributed by atoms with van der Waals surface area (Å²) in [5.41, 5.74) is 0.687. The lowest BCUT2D eigenvalue weighted by molar-refractivity contribution is 0.0777. The maximum Gasteiger partial charge on any atom is 0.270 e. The molecule has 2 heterocycles. The van der Waals surface area contributed by atoms with Crippen molar-refractivity contribution in [3.05, 3.63) is 23.0 Å². The predicted octanol–water partition coefficient (Wildman–Crippen LogP) is 2.16. The first-order valence-electron chi connectivity index (χ1n) is 6.37. The Morgan fingerprint density at radius 1 is 1.56 bits per heavy atom. The number of aromatic nitrogens is 1. The summed E-state index contributed by atoms with van der Waals surface area (Å²) in [5.74, 6) is 0.0772. The highest BCUT2D eigenvalue weighted by atomic mass is 35.5. The fourth-order valence-corrected chi connectivity index (χ4v) is 2.60. The molecule has 0 spiro atoms. The Labute approximate surface area is 113 Å². The van der Waals surface area contributed by atoms with Gasteiger partial charge in [0, 0.05) is 31.4 Å². The van der Waals surface area contributed by atoms with E-state index in [-0.39, 0.29) is 11.9 Å². The molecule has 5 heteroatoms. The number of carbonyl (C=O) groups excluding carboxylic acids is 1. The number of rotatable bonds is 3. The molecule has 1 amide bonds. The van der Waals surface area contributed by atoms with E-state index in [4.69, 9.17) is 11.6 Å². The van der Waals surface area contributed by atoms with Crippen LogP contribution in [0, 0.1) is 0 Å². The van der Waals surface area contributed by atoms with Crippen molar-refractivity contribution >= 4 is 17.5 Å². The summed E-state index contributed by atoms with van der Waals surface area (Å²) in [6, 6.07) is 2.40. The number of hydrogen-bond acceptors (Lipinski definition) is 2. The second kappa shape index (κ2) is 5.33. The summed E-state index contributed by atoms with van der Waals surface area (Å²) >= 11 is 6.01. The number of carbonyl (C=O) groups is 1. The van der Waals surface area contributed by atoms with Crippen LogP contribution in [0.25, 0.3) is 0 Å². The van der Waals surface area contributed by atoms with E-state index < -0.39 is 0 Å². The molecule has 0 saturated carbocycles. The third kappa shape index (κ3) is 2.54. The minimum Gasteiger partial charge on any atom is -0.339 e. The van der Waals surface area contributed by atoms with Crippen LogP contribution in [0.2, 0.25) is 5.02 Å². The fourth-order valence-electron chi connectivity index (χ4n) is 2.39. The topological polar surface area (TPSA) is 37.3 Å². The van der Waals surface area contributed by atoms with Crippen LogP contribution in [-0.4, -0.2) is 41.6 Å². The van der Waals surface area contributed by atoms with Gasteiger partial charge in [0.05, 0.1) is 5.02 Å². The Hall–Kier alpha value is -1.00. The Morgan fingerprint density at radius 2 is 2.28 bits per heavy atom. The Bertz CT molecular complexity index is 441. The molecule has 4 nitrogen and oxygen atoms in total. The SMILES string of the molecule is CNC1CCN(C(=O)c2cc(Cl)cn2C(C)C)C1. The molecule has 1 aromatic heterocycles. The Kier molecular flexibility index (Phi) is 3.97. The predicted molar refractivity (Wildman–Crippen MR) is 73.2 cm³/mol. The third-order valence-electron chi connectivity index (χ3n) is 3.47. The minimum atomic E-state index is 0.0772. The molecule has 0 bridgehead atoms. The van der Waals surface area contributed by atoms with Crippen LogP contribution in [0.5, 0.6) is 0 Å². The lowest BCUT2D eigenvalue weighted by Crippen LogP contribution is -2.34. The number of likely N-dealkylation sites (N-methyl/N-ethyl adjacent to an activating group) is 1. The van der Waals surface area contributed by atoms with E-state index in [2.05, 4.69) is 5.32 Å². The van der Waals surface area contributed by atoms with Gasteiger partial charge in [-0.1, -0.05) is 11.6 Å². The van der Waals surface area contributed by atoms with Crippen molar-refractivity contribution < 1.29 is 4.79 Å². The molecule has 0 aromatic carbocycles. The number of hydrogen-bond donors (Lipinski definition) is 1. The number of halogens is 1. The zero-order valence-corrected chi connectivity index (χ0v) is 11.9. The van der Waals surface area contributed by atoms with Gasteiger partial charge in [-0.2, -0.15) is 0 Å². The molecule has 0 aliphatic carbocycles. The highest BCUT2D eigenvalue weighted by molar-refractivity contribution is 6.31. The summed E-state index contributed by atoms with van der Waals surface area (Å²) in [5, 5.41) is 3.84. The first kappa shape index (κ1) is 13.4. The van der Waals surface area contributed by atoms with Crippen molar-refractivity contribution in [2.75, 3.05) is 20.1 Å². The largest absolute Gasteiger partial charge is 0.339 e. The van der Waals surface area contributed by atoms with Gasteiger partial charge in [-0.3, -0.25) is 4.79 Å². The molecule has 1 atom stereocenters. The summed E-state index contributed by atoms with van der Waals surface area (Å²) in [6.07, 6.45) is 2.84. The summed E-state index contributed by atoms with van der Waals surface area (Å²) in [4.78, 5) is 14.4. The van der Waals surface area contributed by atoms with Crippen molar-refractivity contribution in [1.29, 1.82) is 0 Å². The molecule has 2 rings (SSSR count). The van der Waals surface area contributed by atoms with Gasteiger partial charge in [0.2, 0.25) is 0 Å². The van der Waals surface area contributed by atoms with Gasteiger partial charge >= 0.3 is 0 Å². The fraction of sp³-hybridized carbons (Fsp3) is 0.615. The molecule has 1 N–H and O–H groups in total. The van der Waals surface area contributed by atoms with Gasteiger partial charge in [-0.05, 0) is 33.4 Å². The molecular weight excluding hydrogens is 250 g/mol.